The second-order valence-electron chi connectivity index (χ2n) is 4.06. The molecule has 2 rings (SSSR count). The topological polar surface area (TPSA) is 78.9 Å². The van der Waals surface area contributed by atoms with Crippen molar-refractivity contribution in [2.24, 2.45) is 11.7 Å². The fraction of sp³-hybridized carbons (Fsp3) is 0.889. The van der Waals surface area contributed by atoms with Crippen LogP contribution in [0.5, 0.6) is 0 Å². The van der Waals surface area contributed by atoms with Crippen LogP contribution in [0.3, 0.4) is 0 Å². The van der Waals surface area contributed by atoms with E-state index in [1.54, 1.807) is 0 Å². The number of nitrogens with two attached hydrogens (primary N) is 1. The Kier molecular flexibility index (Phi) is 3.27. The van der Waals surface area contributed by atoms with Gasteiger partial charge in [0.25, 0.3) is 0 Å². The van der Waals surface area contributed by atoms with Crippen LogP contribution in [-0.4, -0.2) is 33.4 Å². The number of nitrogens with zero attached hydrogens (tertiary/aromatic N) is 4. The van der Waals surface area contributed by atoms with Crippen LogP contribution < -0.4 is 5.73 Å². The molecule has 1 aromatic heterocycles. The number of hydrogen-bond donors (Lipinski definition) is 1. The van der Waals surface area contributed by atoms with Crippen LogP contribution in [0.1, 0.15) is 31.6 Å². The number of hydrogen-bond acceptors (Lipinski definition) is 5. The highest BCUT2D eigenvalue weighted by Crippen LogP contribution is 2.17. The average molecular weight is 211 g/mol. The minimum Gasteiger partial charge on any atom is -0.381 e. The first-order valence-corrected chi connectivity index (χ1v) is 5.36. The highest BCUT2D eigenvalue weighted by Gasteiger charge is 2.18. The van der Waals surface area contributed by atoms with Crippen LogP contribution >= 0.6 is 0 Å². The van der Waals surface area contributed by atoms with Gasteiger partial charge < -0.3 is 10.5 Å². The predicted molar refractivity (Wildman–Crippen MR) is 54.0 cm³/mol. The molecule has 0 radical (unpaired) electrons. The van der Waals surface area contributed by atoms with Crippen molar-refractivity contribution in [2.45, 2.75) is 32.4 Å². The van der Waals surface area contributed by atoms with Crippen molar-refractivity contribution in [1.82, 2.24) is 20.2 Å². The third-order valence-corrected chi connectivity index (χ3v) is 2.74. The smallest absolute Gasteiger partial charge is 0.167 e. The Bertz CT molecular complexity index is 305. The summed E-state index contributed by atoms with van der Waals surface area (Å²) in [6, 6.07) is -0.111. The molecule has 6 nitrogen and oxygen atoms in total. The molecule has 0 amide bonds. The quantitative estimate of drug-likeness (QED) is 0.768. The molecule has 1 unspecified atom stereocenters. The maximum Gasteiger partial charge on any atom is 0.167 e. The molecule has 2 heterocycles. The molecule has 84 valence electrons. The standard InChI is InChI=1S/C9H17N5O/c1-7(10)9-11-12-13-14(9)6-8-2-4-15-5-3-8/h7-8H,2-6,10H2,1H3. The summed E-state index contributed by atoms with van der Waals surface area (Å²) in [7, 11) is 0. The summed E-state index contributed by atoms with van der Waals surface area (Å²) in [5, 5.41) is 11.6. The Morgan fingerprint density at radius 2 is 2.27 bits per heavy atom. The molecule has 1 atom stereocenters. The maximum absolute atomic E-state index is 5.78. The molecule has 1 aliphatic heterocycles. The van der Waals surface area contributed by atoms with Crippen LogP contribution in [0.2, 0.25) is 0 Å². The van der Waals surface area contributed by atoms with Crippen LogP contribution in [0.25, 0.3) is 0 Å². The van der Waals surface area contributed by atoms with Gasteiger partial charge in [-0.2, -0.15) is 0 Å². The number of aromatic nitrogens is 4. The van der Waals surface area contributed by atoms with Crippen LogP contribution in [0.4, 0.5) is 0 Å². The zero-order valence-corrected chi connectivity index (χ0v) is 8.96. The lowest BCUT2D eigenvalue weighted by Gasteiger charge is -2.22. The molecule has 0 bridgehead atoms. The maximum atomic E-state index is 5.78. The first kappa shape index (κ1) is 10.5. The SMILES string of the molecule is CC(N)c1nnnn1CC1CCOCC1. The van der Waals surface area contributed by atoms with E-state index in [1.807, 2.05) is 11.6 Å². The van der Waals surface area contributed by atoms with Crippen molar-refractivity contribution in [2.75, 3.05) is 13.2 Å². The molecular formula is C9H17N5O. The van der Waals surface area contributed by atoms with Gasteiger partial charge in [-0.25, -0.2) is 4.68 Å². The van der Waals surface area contributed by atoms with Crippen molar-refractivity contribution in [1.29, 1.82) is 0 Å². The first-order valence-electron chi connectivity index (χ1n) is 5.36. The summed E-state index contributed by atoms with van der Waals surface area (Å²) < 4.78 is 7.13. The van der Waals surface area contributed by atoms with Gasteiger partial charge in [0.15, 0.2) is 5.82 Å². The van der Waals surface area contributed by atoms with Crippen LogP contribution in [0, 0.1) is 5.92 Å². The largest absolute Gasteiger partial charge is 0.381 e. The molecule has 6 heteroatoms. The molecule has 0 aliphatic carbocycles. The highest BCUT2D eigenvalue weighted by atomic mass is 16.5. The van der Waals surface area contributed by atoms with E-state index < -0.39 is 0 Å². The summed E-state index contributed by atoms with van der Waals surface area (Å²) in [6.45, 7) is 4.44. The number of ether oxygens (including phenoxy) is 1. The summed E-state index contributed by atoms with van der Waals surface area (Å²) >= 11 is 0. The van der Waals surface area contributed by atoms with Gasteiger partial charge in [-0.3, -0.25) is 0 Å². The normalized spacial score (nSPS) is 20.4. The third-order valence-electron chi connectivity index (χ3n) is 2.74. The fourth-order valence-electron chi connectivity index (χ4n) is 1.84. The van der Waals surface area contributed by atoms with Gasteiger partial charge in [-0.1, -0.05) is 0 Å². The second-order valence-corrected chi connectivity index (χ2v) is 4.06. The summed E-state index contributed by atoms with van der Waals surface area (Å²) in [5.41, 5.74) is 5.78. The van der Waals surface area contributed by atoms with Gasteiger partial charge >= 0.3 is 0 Å². The summed E-state index contributed by atoms with van der Waals surface area (Å²) in [4.78, 5) is 0. The molecule has 1 aliphatic rings. The Morgan fingerprint density at radius 3 is 2.93 bits per heavy atom. The number of tetrazole rings is 1. The third kappa shape index (κ3) is 2.51. The summed E-state index contributed by atoms with van der Waals surface area (Å²) in [5.74, 6) is 1.38. The molecule has 1 fully saturated rings. The van der Waals surface area contributed by atoms with Gasteiger partial charge in [-0.15, -0.1) is 5.10 Å². The van der Waals surface area contributed by atoms with Crippen molar-refractivity contribution < 1.29 is 4.74 Å². The molecule has 0 aromatic carbocycles. The fourth-order valence-corrected chi connectivity index (χ4v) is 1.84. The Hall–Kier alpha value is -1.01. The second kappa shape index (κ2) is 4.67. The van der Waals surface area contributed by atoms with E-state index in [0.29, 0.717) is 5.92 Å². The summed E-state index contributed by atoms with van der Waals surface area (Å²) in [6.07, 6.45) is 2.16. The van der Waals surface area contributed by atoms with Gasteiger partial charge in [0.1, 0.15) is 0 Å². The molecule has 0 spiro atoms. The molecule has 2 N–H and O–H groups in total. The van der Waals surface area contributed by atoms with E-state index in [9.17, 15) is 0 Å². The number of rotatable bonds is 3. The van der Waals surface area contributed by atoms with Crippen LogP contribution in [-0.2, 0) is 11.3 Å². The van der Waals surface area contributed by atoms with Crippen molar-refractivity contribution >= 4 is 0 Å². The molecule has 1 saturated heterocycles. The lowest BCUT2D eigenvalue weighted by molar-refractivity contribution is 0.0596. The van der Waals surface area contributed by atoms with Crippen molar-refractivity contribution in [3.63, 3.8) is 0 Å². The van der Waals surface area contributed by atoms with E-state index in [-0.39, 0.29) is 6.04 Å². The van der Waals surface area contributed by atoms with Crippen molar-refractivity contribution in [3.05, 3.63) is 5.82 Å². The lowest BCUT2D eigenvalue weighted by Crippen LogP contribution is -2.23. The minimum absolute atomic E-state index is 0.111. The van der Waals surface area contributed by atoms with Gasteiger partial charge in [0.2, 0.25) is 0 Å². The average Bonchev–Trinajstić information content (AvgIpc) is 2.67. The van der Waals surface area contributed by atoms with Gasteiger partial charge in [0.05, 0.1) is 6.04 Å². The highest BCUT2D eigenvalue weighted by molar-refractivity contribution is 4.87. The Balaban J connectivity index is 1.99. The van der Waals surface area contributed by atoms with E-state index in [0.717, 1.165) is 38.4 Å². The van der Waals surface area contributed by atoms with Crippen LogP contribution in [0.15, 0.2) is 0 Å². The van der Waals surface area contributed by atoms with E-state index in [2.05, 4.69) is 15.5 Å². The zero-order chi connectivity index (χ0) is 10.7. The zero-order valence-electron chi connectivity index (χ0n) is 8.96. The van der Waals surface area contributed by atoms with E-state index in [4.69, 9.17) is 10.5 Å². The predicted octanol–water partition coefficient (Wildman–Crippen LogP) is 0.119. The van der Waals surface area contributed by atoms with E-state index >= 15 is 0 Å². The lowest BCUT2D eigenvalue weighted by atomic mass is 10.0. The Labute approximate surface area is 88.8 Å². The van der Waals surface area contributed by atoms with Crippen molar-refractivity contribution in [3.8, 4) is 0 Å². The molecule has 0 saturated carbocycles. The molecular weight excluding hydrogens is 194 g/mol. The molecule has 15 heavy (non-hydrogen) atoms. The first-order chi connectivity index (χ1) is 7.27. The van der Waals surface area contributed by atoms with E-state index in [1.165, 1.54) is 0 Å². The minimum atomic E-state index is -0.111. The van der Waals surface area contributed by atoms with Gasteiger partial charge in [0, 0.05) is 19.8 Å². The monoisotopic (exact) mass is 211 g/mol. The molecule has 1 aromatic rings. The van der Waals surface area contributed by atoms with Gasteiger partial charge in [-0.05, 0) is 36.1 Å². The Morgan fingerprint density at radius 1 is 1.53 bits per heavy atom.